The molecule has 0 aliphatic carbocycles. The molecular weight excluding hydrogens is 521 g/mol. The molecule has 6 rings (SSSR count). The Bertz CT molecular complexity index is 1670. The molecular formula is C32H30FN5O3. The second-order valence-electron chi connectivity index (χ2n) is 10.7. The van der Waals surface area contributed by atoms with Gasteiger partial charge in [-0.2, -0.15) is 5.26 Å². The maximum atomic E-state index is 15.0. The van der Waals surface area contributed by atoms with Crippen molar-refractivity contribution in [2.24, 2.45) is 5.92 Å². The lowest BCUT2D eigenvalue weighted by Gasteiger charge is -2.28. The molecule has 9 heteroatoms. The minimum atomic E-state index is -0.853. The van der Waals surface area contributed by atoms with Gasteiger partial charge in [-0.1, -0.05) is 24.3 Å². The summed E-state index contributed by atoms with van der Waals surface area (Å²) < 4.78 is 28.2. The van der Waals surface area contributed by atoms with Gasteiger partial charge in [-0.25, -0.2) is 14.4 Å². The summed E-state index contributed by atoms with van der Waals surface area (Å²) in [5, 5.41) is 9.40. The van der Waals surface area contributed by atoms with E-state index in [2.05, 4.69) is 28.0 Å². The van der Waals surface area contributed by atoms with Gasteiger partial charge in [-0.15, -0.1) is 0 Å². The van der Waals surface area contributed by atoms with Crippen LogP contribution in [0.4, 0.5) is 4.39 Å². The lowest BCUT2D eigenvalue weighted by Crippen LogP contribution is -2.32. The van der Waals surface area contributed by atoms with E-state index in [4.69, 9.17) is 9.47 Å². The quantitative estimate of drug-likeness (QED) is 0.340. The predicted molar refractivity (Wildman–Crippen MR) is 152 cm³/mol. The number of rotatable bonds is 6. The molecule has 0 atom stereocenters. The summed E-state index contributed by atoms with van der Waals surface area (Å²) in [4.78, 5) is 24.4. The van der Waals surface area contributed by atoms with E-state index in [1.807, 2.05) is 30.3 Å². The molecule has 2 aromatic heterocycles. The van der Waals surface area contributed by atoms with E-state index in [0.29, 0.717) is 53.1 Å². The van der Waals surface area contributed by atoms with Crippen molar-refractivity contribution >= 4 is 0 Å². The predicted octanol–water partition coefficient (Wildman–Crippen LogP) is 4.78. The normalized spacial score (nSPS) is 15.4. The molecule has 1 saturated heterocycles. The average molecular weight is 552 g/mol. The lowest BCUT2D eigenvalue weighted by molar-refractivity contribution is 0.104. The average Bonchev–Trinajstić information content (AvgIpc) is 3.18. The van der Waals surface area contributed by atoms with E-state index < -0.39 is 11.4 Å². The summed E-state index contributed by atoms with van der Waals surface area (Å²) in [6.07, 6.45) is 5.62. The zero-order valence-corrected chi connectivity index (χ0v) is 22.8. The Morgan fingerprint density at radius 3 is 2.66 bits per heavy atom. The molecule has 0 unspecified atom stereocenters. The molecule has 0 spiro atoms. The minimum Gasteiger partial charge on any atom is -0.490 e. The molecule has 8 nitrogen and oxygen atoms in total. The van der Waals surface area contributed by atoms with Crippen LogP contribution in [0, 0.1) is 23.1 Å². The van der Waals surface area contributed by atoms with Crippen LogP contribution in [-0.4, -0.2) is 46.2 Å². The first kappa shape index (κ1) is 26.8. The highest BCUT2D eigenvalue weighted by molar-refractivity contribution is 5.72. The summed E-state index contributed by atoms with van der Waals surface area (Å²) in [6.45, 7) is 3.42. The highest BCUT2D eigenvalue weighted by atomic mass is 19.1. The highest BCUT2D eigenvalue weighted by Gasteiger charge is 2.22. The number of pyridine rings is 1. The van der Waals surface area contributed by atoms with Crippen LogP contribution in [0.1, 0.15) is 35.2 Å². The third-order valence-electron chi connectivity index (χ3n) is 7.86. The number of aromatic nitrogens is 3. The fourth-order valence-electron chi connectivity index (χ4n) is 5.48. The van der Waals surface area contributed by atoms with Crippen molar-refractivity contribution in [2.45, 2.75) is 32.6 Å². The monoisotopic (exact) mass is 551 g/mol. The topological polar surface area (TPSA) is 93.3 Å². The van der Waals surface area contributed by atoms with Gasteiger partial charge < -0.3 is 18.9 Å². The maximum Gasteiger partial charge on any atom is 0.287 e. The van der Waals surface area contributed by atoms with Gasteiger partial charge in [0.1, 0.15) is 0 Å². The number of nitrogens with zero attached hydrogens (tertiary/aromatic N) is 5. The van der Waals surface area contributed by atoms with Gasteiger partial charge >= 0.3 is 0 Å². The molecule has 0 bridgehead atoms. The molecule has 2 aromatic carbocycles. The van der Waals surface area contributed by atoms with Crippen molar-refractivity contribution in [3.63, 3.8) is 0 Å². The first-order chi connectivity index (χ1) is 20.0. The van der Waals surface area contributed by atoms with Crippen LogP contribution in [-0.2, 0) is 24.5 Å². The number of ether oxygens (including phenoxy) is 2. The van der Waals surface area contributed by atoms with Crippen LogP contribution >= 0.6 is 0 Å². The van der Waals surface area contributed by atoms with Crippen molar-refractivity contribution in [3.05, 3.63) is 99.5 Å². The van der Waals surface area contributed by atoms with E-state index >= 15 is 0 Å². The smallest absolute Gasteiger partial charge is 0.287 e. The van der Waals surface area contributed by atoms with Crippen molar-refractivity contribution in [3.8, 4) is 34.3 Å². The molecule has 4 heterocycles. The van der Waals surface area contributed by atoms with Crippen molar-refractivity contribution in [1.82, 2.24) is 19.4 Å². The number of likely N-dealkylation sites (tertiary alicyclic amines) is 1. The zero-order valence-electron chi connectivity index (χ0n) is 22.8. The third-order valence-corrected chi connectivity index (χ3v) is 7.86. The van der Waals surface area contributed by atoms with Crippen molar-refractivity contribution in [2.75, 3.05) is 26.7 Å². The van der Waals surface area contributed by atoms with Gasteiger partial charge in [0.15, 0.2) is 17.4 Å². The van der Waals surface area contributed by atoms with Crippen LogP contribution in [0.3, 0.4) is 0 Å². The Balaban J connectivity index is 1.24. The molecule has 0 amide bonds. The van der Waals surface area contributed by atoms with E-state index in [1.165, 1.54) is 10.6 Å². The fraction of sp³-hybridized carbons (Fsp3) is 0.312. The largest absolute Gasteiger partial charge is 0.490 e. The number of benzene rings is 2. The van der Waals surface area contributed by atoms with Crippen LogP contribution in [0.5, 0.6) is 5.75 Å². The van der Waals surface area contributed by atoms with E-state index in [0.717, 1.165) is 42.6 Å². The maximum absolute atomic E-state index is 15.0. The summed E-state index contributed by atoms with van der Waals surface area (Å²) in [5.74, 6) is 0.855. The zero-order chi connectivity index (χ0) is 28.3. The molecule has 0 N–H and O–H groups in total. The van der Waals surface area contributed by atoms with Crippen LogP contribution in [0.15, 0.2) is 65.7 Å². The third kappa shape index (κ3) is 5.75. The van der Waals surface area contributed by atoms with Gasteiger partial charge in [0.25, 0.3) is 5.56 Å². The Morgan fingerprint density at radius 2 is 1.88 bits per heavy atom. The summed E-state index contributed by atoms with van der Waals surface area (Å²) in [5.41, 5.74) is 3.97. The first-order valence-corrected chi connectivity index (χ1v) is 13.7. The number of hydrogen-bond donors (Lipinski definition) is 0. The van der Waals surface area contributed by atoms with Crippen LogP contribution in [0.2, 0.25) is 0 Å². The van der Waals surface area contributed by atoms with E-state index in [1.54, 1.807) is 24.5 Å². The Hall–Kier alpha value is -4.39. The Kier molecular flexibility index (Phi) is 7.59. The number of nitriles is 1. The molecule has 4 aromatic rings. The van der Waals surface area contributed by atoms with Gasteiger partial charge in [0.2, 0.25) is 0 Å². The SMILES string of the molecule is CN1CCC(COc2cnc(-c3cccc(Cn4c5c(cc(F)c4=O)-c4cc(C#N)ccc4COC5)c3)nc2)CC1. The highest BCUT2D eigenvalue weighted by Crippen LogP contribution is 2.32. The molecule has 2 aliphatic rings. The standard InChI is InChI=1S/C32H30FN5O3/c1-37-9-7-21(8-10-37)18-41-26-15-35-31(36-16-26)24-4-2-3-23(11-24)17-38-30-20-40-19-25-6-5-22(14-34)12-27(25)28(30)13-29(33)32(38)39/h2-6,11-13,15-16,21H,7-10,17-20H2,1H3. The Labute approximate surface area is 237 Å². The molecule has 1 fully saturated rings. The molecule has 2 aliphatic heterocycles. The first-order valence-electron chi connectivity index (χ1n) is 13.7. The van der Waals surface area contributed by atoms with Crippen molar-refractivity contribution < 1.29 is 13.9 Å². The number of fused-ring (bicyclic) bond motifs is 3. The van der Waals surface area contributed by atoms with E-state index in [9.17, 15) is 14.4 Å². The van der Waals surface area contributed by atoms with Gasteiger partial charge in [-0.3, -0.25) is 4.79 Å². The van der Waals surface area contributed by atoms with Crippen LogP contribution < -0.4 is 10.3 Å². The summed E-state index contributed by atoms with van der Waals surface area (Å²) in [7, 11) is 2.14. The molecule has 208 valence electrons. The number of piperidine rings is 1. The second kappa shape index (κ2) is 11.6. The van der Waals surface area contributed by atoms with Gasteiger partial charge in [-0.05, 0) is 79.9 Å². The molecule has 0 saturated carbocycles. The van der Waals surface area contributed by atoms with Gasteiger partial charge in [0, 0.05) is 11.1 Å². The van der Waals surface area contributed by atoms with Crippen molar-refractivity contribution in [1.29, 1.82) is 5.26 Å². The molecule has 0 radical (unpaired) electrons. The second-order valence-corrected chi connectivity index (χ2v) is 10.7. The molecule has 41 heavy (non-hydrogen) atoms. The van der Waals surface area contributed by atoms with E-state index in [-0.39, 0.29) is 13.2 Å². The summed E-state index contributed by atoms with van der Waals surface area (Å²) in [6, 6.07) is 16.2. The fourth-order valence-corrected chi connectivity index (χ4v) is 5.48. The van der Waals surface area contributed by atoms with Crippen LogP contribution in [0.25, 0.3) is 22.5 Å². The Morgan fingerprint density at radius 1 is 1.07 bits per heavy atom. The summed E-state index contributed by atoms with van der Waals surface area (Å²) >= 11 is 0. The number of hydrogen-bond acceptors (Lipinski definition) is 7. The van der Waals surface area contributed by atoms with Gasteiger partial charge in [0.05, 0.1) is 56.1 Å². The number of halogens is 1. The lowest BCUT2D eigenvalue weighted by atomic mass is 9.97. The minimum absolute atomic E-state index is 0.140.